The first-order chi connectivity index (χ1) is 6.47. The van der Waals surface area contributed by atoms with Gasteiger partial charge in [0.25, 0.3) is 0 Å². The van der Waals surface area contributed by atoms with Gasteiger partial charge < -0.3 is 4.74 Å². The van der Waals surface area contributed by atoms with Crippen LogP contribution in [0, 0.1) is 0 Å². The Kier molecular flexibility index (Phi) is 2.30. The molecule has 2 unspecified atom stereocenters. The lowest BCUT2D eigenvalue weighted by molar-refractivity contribution is -0.162. The van der Waals surface area contributed by atoms with Crippen molar-refractivity contribution in [3.63, 3.8) is 0 Å². The molecule has 0 amide bonds. The van der Waals surface area contributed by atoms with E-state index >= 15 is 0 Å². The Bertz CT molecular complexity index is 244. The van der Waals surface area contributed by atoms with Gasteiger partial charge in [-0.05, 0) is 40.0 Å². The molecule has 0 bridgehead atoms. The molecule has 2 fully saturated rings. The summed E-state index contributed by atoms with van der Waals surface area (Å²) < 4.78 is 5.39. The lowest BCUT2D eigenvalue weighted by atomic mass is 10.1. The number of ether oxygens (including phenoxy) is 1. The van der Waals surface area contributed by atoms with Gasteiger partial charge in [-0.1, -0.05) is 0 Å². The molecule has 2 aliphatic heterocycles. The summed E-state index contributed by atoms with van der Waals surface area (Å²) in [6.45, 7) is 6.85. The maximum absolute atomic E-state index is 11.8. The van der Waals surface area contributed by atoms with Crippen molar-refractivity contribution in [2.24, 2.45) is 0 Å². The molecule has 14 heavy (non-hydrogen) atoms. The van der Waals surface area contributed by atoms with E-state index in [0.717, 1.165) is 13.0 Å². The van der Waals surface area contributed by atoms with Gasteiger partial charge in [-0.15, -0.1) is 0 Å². The second kappa shape index (κ2) is 3.23. The van der Waals surface area contributed by atoms with Crippen LogP contribution in [0.2, 0.25) is 0 Å². The molecule has 0 spiro atoms. The minimum Gasteiger partial charge on any atom is -0.459 e. The molecule has 3 heteroatoms. The minimum absolute atomic E-state index is 0.0281. The van der Waals surface area contributed by atoms with E-state index in [-0.39, 0.29) is 17.6 Å². The topological polar surface area (TPSA) is 29.5 Å². The average molecular weight is 197 g/mol. The summed E-state index contributed by atoms with van der Waals surface area (Å²) >= 11 is 0. The number of rotatable bonds is 1. The summed E-state index contributed by atoms with van der Waals surface area (Å²) in [5, 5.41) is 0. The van der Waals surface area contributed by atoms with Gasteiger partial charge in [-0.2, -0.15) is 0 Å². The summed E-state index contributed by atoms with van der Waals surface area (Å²) in [7, 11) is 0. The number of fused-ring (bicyclic) bond motifs is 1. The fourth-order valence-electron chi connectivity index (χ4n) is 2.32. The van der Waals surface area contributed by atoms with Crippen LogP contribution in [0.1, 0.15) is 40.0 Å². The highest BCUT2D eigenvalue weighted by Gasteiger charge is 2.44. The third-order valence-electron chi connectivity index (χ3n) is 3.04. The smallest absolute Gasteiger partial charge is 0.323 e. The van der Waals surface area contributed by atoms with Crippen LogP contribution in [0.25, 0.3) is 0 Å². The van der Waals surface area contributed by atoms with Gasteiger partial charge in [0.2, 0.25) is 0 Å². The number of hydrogen-bond acceptors (Lipinski definition) is 3. The molecule has 0 aromatic rings. The third-order valence-corrected chi connectivity index (χ3v) is 3.04. The summed E-state index contributed by atoms with van der Waals surface area (Å²) in [6, 6.07) is 0.723. The van der Waals surface area contributed by atoms with Crippen LogP contribution in [0.15, 0.2) is 0 Å². The van der Waals surface area contributed by atoms with Crippen molar-refractivity contribution in [1.29, 1.82) is 0 Å². The molecule has 80 valence electrons. The average Bonchev–Trinajstić information content (AvgIpc) is 2.22. The maximum Gasteiger partial charge on any atom is 0.323 e. The zero-order chi connectivity index (χ0) is 10.3. The van der Waals surface area contributed by atoms with E-state index in [1.54, 1.807) is 0 Å². The van der Waals surface area contributed by atoms with Crippen LogP contribution < -0.4 is 0 Å². The number of nitrogens with zero attached hydrogens (tertiary/aromatic N) is 1. The Hall–Kier alpha value is -0.570. The van der Waals surface area contributed by atoms with Crippen LogP contribution in [0.5, 0.6) is 0 Å². The molecule has 3 nitrogen and oxygen atoms in total. The normalized spacial score (nSPS) is 32.2. The monoisotopic (exact) mass is 197 g/mol. The predicted octanol–water partition coefficient (Wildman–Crippen LogP) is 1.56. The van der Waals surface area contributed by atoms with Gasteiger partial charge in [-0.3, -0.25) is 9.69 Å². The molecular weight excluding hydrogens is 178 g/mol. The fourth-order valence-corrected chi connectivity index (χ4v) is 2.32. The minimum atomic E-state index is -0.347. The summed E-state index contributed by atoms with van der Waals surface area (Å²) in [6.07, 6.45) is 3.42. The Morgan fingerprint density at radius 3 is 2.43 bits per heavy atom. The van der Waals surface area contributed by atoms with E-state index in [1.165, 1.54) is 12.8 Å². The SMILES string of the molecule is CC(C)(C)OC(=O)C1CCC2CCN21. The first-order valence-corrected chi connectivity index (χ1v) is 5.46. The quantitative estimate of drug-likeness (QED) is 0.597. The van der Waals surface area contributed by atoms with Crippen molar-refractivity contribution in [1.82, 2.24) is 4.90 Å². The van der Waals surface area contributed by atoms with Crippen LogP contribution in [-0.4, -0.2) is 35.1 Å². The van der Waals surface area contributed by atoms with E-state index < -0.39 is 0 Å². The van der Waals surface area contributed by atoms with Crippen LogP contribution >= 0.6 is 0 Å². The molecule has 0 aromatic heterocycles. The van der Waals surface area contributed by atoms with E-state index in [4.69, 9.17) is 4.74 Å². The molecule has 2 aliphatic rings. The Labute approximate surface area is 85.4 Å². The number of hydrogen-bond donors (Lipinski definition) is 0. The van der Waals surface area contributed by atoms with E-state index in [9.17, 15) is 4.79 Å². The molecule has 2 rings (SSSR count). The van der Waals surface area contributed by atoms with Crippen molar-refractivity contribution >= 4 is 5.97 Å². The molecule has 0 radical (unpaired) electrons. The van der Waals surface area contributed by atoms with Crippen molar-refractivity contribution in [2.75, 3.05) is 6.54 Å². The summed E-state index contributed by atoms with van der Waals surface area (Å²) in [4.78, 5) is 14.1. The van der Waals surface area contributed by atoms with Crippen molar-refractivity contribution < 1.29 is 9.53 Å². The standard InChI is InChI=1S/C11H19NO2/c1-11(2,3)14-10(13)9-5-4-8-6-7-12(8)9/h8-9H,4-7H2,1-3H3. The van der Waals surface area contributed by atoms with Crippen molar-refractivity contribution in [3.05, 3.63) is 0 Å². The molecule has 2 saturated heterocycles. The lowest BCUT2D eigenvalue weighted by Gasteiger charge is -2.38. The molecule has 0 aliphatic carbocycles. The molecule has 0 N–H and O–H groups in total. The van der Waals surface area contributed by atoms with Gasteiger partial charge in [0.05, 0.1) is 0 Å². The van der Waals surface area contributed by atoms with Crippen molar-refractivity contribution in [2.45, 2.75) is 57.7 Å². The van der Waals surface area contributed by atoms with E-state index in [1.807, 2.05) is 20.8 Å². The summed E-state index contributed by atoms with van der Waals surface area (Å²) in [5.41, 5.74) is -0.347. The third kappa shape index (κ3) is 1.78. The van der Waals surface area contributed by atoms with E-state index in [0.29, 0.717) is 6.04 Å². The zero-order valence-corrected chi connectivity index (χ0v) is 9.25. The molecule has 2 heterocycles. The fraction of sp³-hybridized carbons (Fsp3) is 0.909. The first kappa shape index (κ1) is 9.97. The first-order valence-electron chi connectivity index (χ1n) is 5.46. The van der Waals surface area contributed by atoms with E-state index in [2.05, 4.69) is 4.90 Å². The molecular formula is C11H19NO2. The molecule has 0 saturated carbocycles. The van der Waals surface area contributed by atoms with Crippen molar-refractivity contribution in [3.8, 4) is 0 Å². The molecule has 0 aromatic carbocycles. The van der Waals surface area contributed by atoms with Gasteiger partial charge in [0.15, 0.2) is 0 Å². The van der Waals surface area contributed by atoms with Gasteiger partial charge >= 0.3 is 5.97 Å². The second-order valence-corrected chi connectivity index (χ2v) is 5.31. The Balaban J connectivity index is 1.92. The lowest BCUT2D eigenvalue weighted by Crippen LogP contribution is -2.51. The van der Waals surface area contributed by atoms with Crippen LogP contribution in [0.4, 0.5) is 0 Å². The molecule has 2 atom stereocenters. The van der Waals surface area contributed by atoms with Gasteiger partial charge in [0.1, 0.15) is 11.6 Å². The highest BCUT2D eigenvalue weighted by molar-refractivity contribution is 5.76. The number of esters is 1. The highest BCUT2D eigenvalue weighted by atomic mass is 16.6. The number of carbonyl (C=O) groups is 1. The van der Waals surface area contributed by atoms with Gasteiger partial charge in [-0.25, -0.2) is 0 Å². The Morgan fingerprint density at radius 1 is 1.29 bits per heavy atom. The Morgan fingerprint density at radius 2 is 2.00 bits per heavy atom. The highest BCUT2D eigenvalue weighted by Crippen LogP contribution is 2.34. The van der Waals surface area contributed by atoms with Crippen LogP contribution in [0.3, 0.4) is 0 Å². The second-order valence-electron chi connectivity index (χ2n) is 5.31. The van der Waals surface area contributed by atoms with Gasteiger partial charge in [0, 0.05) is 12.6 Å². The summed E-state index contributed by atoms with van der Waals surface area (Å²) in [5.74, 6) is -0.0281. The zero-order valence-electron chi connectivity index (χ0n) is 9.25. The maximum atomic E-state index is 11.8. The predicted molar refractivity (Wildman–Crippen MR) is 54.0 cm³/mol. The largest absolute Gasteiger partial charge is 0.459 e. The number of carbonyl (C=O) groups excluding carboxylic acids is 1. The van der Waals surface area contributed by atoms with Crippen LogP contribution in [-0.2, 0) is 9.53 Å².